The fraction of sp³-hybridized carbons (Fsp3) is 0.333. The van der Waals surface area contributed by atoms with Gasteiger partial charge in [0.1, 0.15) is 11.3 Å². The third kappa shape index (κ3) is 3.76. The Morgan fingerprint density at radius 1 is 1.17 bits per heavy atom. The van der Waals surface area contributed by atoms with Crippen LogP contribution in [0.25, 0.3) is 0 Å². The molecule has 0 unspecified atom stereocenters. The van der Waals surface area contributed by atoms with E-state index >= 15 is 0 Å². The number of rotatable bonds is 6. The number of anilines is 1. The minimum atomic E-state index is -0.784. The summed E-state index contributed by atoms with van der Waals surface area (Å²) < 4.78 is 5.58. The van der Waals surface area contributed by atoms with Gasteiger partial charge in [-0.05, 0) is 62.4 Å². The molecule has 0 aliphatic heterocycles. The Morgan fingerprint density at radius 3 is 2.42 bits per heavy atom. The number of nitrogens with one attached hydrogen (secondary N) is 2. The van der Waals surface area contributed by atoms with Crippen molar-refractivity contribution in [2.45, 2.75) is 38.3 Å². The molecular formula is C18H20N2O3S. The van der Waals surface area contributed by atoms with Gasteiger partial charge in [0.2, 0.25) is 5.91 Å². The van der Waals surface area contributed by atoms with Crippen molar-refractivity contribution in [3.63, 3.8) is 0 Å². The first-order valence-corrected chi connectivity index (χ1v) is 8.81. The van der Waals surface area contributed by atoms with Crippen molar-refractivity contribution in [1.29, 1.82) is 0 Å². The van der Waals surface area contributed by atoms with Gasteiger partial charge >= 0.3 is 0 Å². The molecule has 1 aliphatic rings. The Balaban J connectivity index is 1.61. The van der Waals surface area contributed by atoms with Crippen LogP contribution >= 0.6 is 11.3 Å². The lowest BCUT2D eigenvalue weighted by Crippen LogP contribution is -2.45. The number of hydrogen-bond donors (Lipinski definition) is 2. The second-order valence-corrected chi connectivity index (χ2v) is 7.11. The molecule has 2 N–H and O–H groups in total. The van der Waals surface area contributed by atoms with Crippen molar-refractivity contribution in [2.75, 3.05) is 5.32 Å². The predicted octanol–water partition coefficient (Wildman–Crippen LogP) is 3.44. The fourth-order valence-corrected chi connectivity index (χ4v) is 2.98. The number of amides is 2. The van der Waals surface area contributed by atoms with Crippen LogP contribution in [-0.4, -0.2) is 23.5 Å². The van der Waals surface area contributed by atoms with E-state index in [1.54, 1.807) is 18.2 Å². The fourth-order valence-electron chi connectivity index (χ4n) is 2.36. The first-order valence-electron chi connectivity index (χ1n) is 7.93. The van der Waals surface area contributed by atoms with Gasteiger partial charge in [0.25, 0.3) is 5.91 Å². The van der Waals surface area contributed by atoms with Crippen LogP contribution in [0.2, 0.25) is 0 Å². The zero-order valence-electron chi connectivity index (χ0n) is 13.7. The van der Waals surface area contributed by atoms with E-state index in [1.165, 1.54) is 11.3 Å². The summed E-state index contributed by atoms with van der Waals surface area (Å²) in [6, 6.07) is 10.8. The van der Waals surface area contributed by atoms with Gasteiger partial charge in [0.15, 0.2) is 0 Å². The number of carbonyl (C=O) groups is 2. The summed E-state index contributed by atoms with van der Waals surface area (Å²) in [7, 11) is 0. The summed E-state index contributed by atoms with van der Waals surface area (Å²) in [5, 5.41) is 7.57. The topological polar surface area (TPSA) is 67.4 Å². The van der Waals surface area contributed by atoms with Gasteiger partial charge in [-0.25, -0.2) is 0 Å². The number of thiophene rings is 1. The maximum Gasteiger partial charge on any atom is 0.262 e. The molecule has 1 aliphatic carbocycles. The highest BCUT2D eigenvalue weighted by atomic mass is 32.1. The summed E-state index contributed by atoms with van der Waals surface area (Å²) in [5.41, 5.74) is -0.0958. The highest BCUT2D eigenvalue weighted by molar-refractivity contribution is 7.12. The largest absolute Gasteiger partial charge is 0.491 e. The first-order chi connectivity index (χ1) is 11.5. The van der Waals surface area contributed by atoms with E-state index in [0.29, 0.717) is 23.4 Å². The van der Waals surface area contributed by atoms with Crippen LogP contribution in [0.5, 0.6) is 5.75 Å². The predicted molar refractivity (Wildman–Crippen MR) is 94.6 cm³/mol. The average molecular weight is 344 g/mol. The Kier molecular flexibility index (Phi) is 4.57. The van der Waals surface area contributed by atoms with E-state index in [-0.39, 0.29) is 17.9 Å². The molecule has 1 heterocycles. The van der Waals surface area contributed by atoms with Crippen LogP contribution in [-0.2, 0) is 4.79 Å². The molecule has 6 heteroatoms. The van der Waals surface area contributed by atoms with Gasteiger partial charge < -0.3 is 15.4 Å². The van der Waals surface area contributed by atoms with Gasteiger partial charge in [0.05, 0.1) is 11.0 Å². The van der Waals surface area contributed by atoms with Crippen LogP contribution < -0.4 is 15.4 Å². The van der Waals surface area contributed by atoms with Crippen molar-refractivity contribution in [2.24, 2.45) is 0 Å². The number of carbonyl (C=O) groups excluding carboxylic acids is 2. The summed E-state index contributed by atoms with van der Waals surface area (Å²) >= 11 is 1.36. The minimum absolute atomic E-state index is 0.104. The van der Waals surface area contributed by atoms with Gasteiger partial charge in [0, 0.05) is 5.69 Å². The Bertz CT molecular complexity index is 719. The highest BCUT2D eigenvalue weighted by Crippen LogP contribution is 2.37. The third-order valence-corrected chi connectivity index (χ3v) is 4.64. The molecule has 126 valence electrons. The van der Waals surface area contributed by atoms with Gasteiger partial charge in [-0.1, -0.05) is 6.07 Å². The maximum absolute atomic E-state index is 12.5. The third-order valence-electron chi connectivity index (χ3n) is 3.77. The van der Waals surface area contributed by atoms with E-state index in [4.69, 9.17) is 4.74 Å². The van der Waals surface area contributed by atoms with Crippen molar-refractivity contribution >= 4 is 28.8 Å². The highest BCUT2D eigenvalue weighted by Gasteiger charge is 2.51. The van der Waals surface area contributed by atoms with Crippen molar-refractivity contribution in [3.05, 3.63) is 46.7 Å². The molecule has 2 aromatic rings. The van der Waals surface area contributed by atoms with Crippen LogP contribution in [0.1, 0.15) is 36.4 Å². The SMILES string of the molecule is CC(C)Oc1ccc(NC(=O)C2(NC(=O)c3cccs3)CC2)cc1. The molecule has 0 radical (unpaired) electrons. The molecule has 1 aromatic heterocycles. The quantitative estimate of drug-likeness (QED) is 0.843. The van der Waals surface area contributed by atoms with Crippen LogP contribution in [0.4, 0.5) is 5.69 Å². The molecule has 2 amide bonds. The second-order valence-electron chi connectivity index (χ2n) is 6.16. The molecular weight excluding hydrogens is 324 g/mol. The second kappa shape index (κ2) is 6.65. The smallest absolute Gasteiger partial charge is 0.262 e. The van der Waals surface area contributed by atoms with Crippen molar-refractivity contribution in [3.8, 4) is 5.75 Å². The van der Waals surface area contributed by atoms with Crippen LogP contribution in [0.15, 0.2) is 41.8 Å². The van der Waals surface area contributed by atoms with Crippen molar-refractivity contribution < 1.29 is 14.3 Å². The summed E-state index contributed by atoms with van der Waals surface area (Å²) in [6.07, 6.45) is 1.42. The summed E-state index contributed by atoms with van der Waals surface area (Å²) in [5.74, 6) is 0.387. The van der Waals surface area contributed by atoms with E-state index < -0.39 is 5.54 Å². The summed E-state index contributed by atoms with van der Waals surface area (Å²) in [4.78, 5) is 25.3. The Morgan fingerprint density at radius 2 is 1.88 bits per heavy atom. The van der Waals surface area contributed by atoms with E-state index in [2.05, 4.69) is 10.6 Å². The maximum atomic E-state index is 12.5. The molecule has 0 saturated heterocycles. The van der Waals surface area contributed by atoms with E-state index in [1.807, 2.05) is 37.4 Å². The molecule has 0 bridgehead atoms. The number of benzene rings is 1. The van der Waals surface area contributed by atoms with Crippen LogP contribution in [0, 0.1) is 0 Å². The standard InChI is InChI=1S/C18H20N2O3S/c1-12(2)23-14-7-5-13(6-8-14)19-17(22)18(9-10-18)20-16(21)15-4-3-11-24-15/h3-8,11-12H,9-10H2,1-2H3,(H,19,22)(H,20,21). The lowest BCUT2D eigenvalue weighted by Gasteiger charge is -2.17. The normalized spacial score (nSPS) is 15.0. The first kappa shape index (κ1) is 16.5. The van der Waals surface area contributed by atoms with Gasteiger partial charge in [-0.2, -0.15) is 0 Å². The molecule has 5 nitrogen and oxygen atoms in total. The molecule has 0 atom stereocenters. The molecule has 1 fully saturated rings. The monoisotopic (exact) mass is 344 g/mol. The van der Waals surface area contributed by atoms with E-state index in [9.17, 15) is 9.59 Å². The Labute approximate surface area is 145 Å². The molecule has 24 heavy (non-hydrogen) atoms. The average Bonchev–Trinajstić information content (AvgIpc) is 3.11. The summed E-state index contributed by atoms with van der Waals surface area (Å²) in [6.45, 7) is 3.92. The van der Waals surface area contributed by atoms with Crippen molar-refractivity contribution in [1.82, 2.24) is 5.32 Å². The number of ether oxygens (including phenoxy) is 1. The molecule has 1 aromatic carbocycles. The zero-order valence-corrected chi connectivity index (χ0v) is 14.5. The van der Waals surface area contributed by atoms with E-state index in [0.717, 1.165) is 5.75 Å². The lowest BCUT2D eigenvalue weighted by molar-refractivity contribution is -0.118. The number of hydrogen-bond acceptors (Lipinski definition) is 4. The molecule has 0 spiro atoms. The lowest BCUT2D eigenvalue weighted by atomic mass is 10.2. The van der Waals surface area contributed by atoms with Gasteiger partial charge in [-0.15, -0.1) is 11.3 Å². The molecule has 1 saturated carbocycles. The van der Waals surface area contributed by atoms with Gasteiger partial charge in [-0.3, -0.25) is 9.59 Å². The minimum Gasteiger partial charge on any atom is -0.491 e. The molecule has 3 rings (SSSR count). The zero-order chi connectivity index (χ0) is 17.2. The van der Waals surface area contributed by atoms with Crippen LogP contribution in [0.3, 0.4) is 0 Å². The Hall–Kier alpha value is -2.34.